The van der Waals surface area contributed by atoms with Crippen molar-refractivity contribution in [1.29, 1.82) is 0 Å². The molecule has 0 spiro atoms. The molecule has 56 heavy (non-hydrogen) atoms. The van der Waals surface area contributed by atoms with Gasteiger partial charge >= 0.3 is 0 Å². The van der Waals surface area contributed by atoms with Crippen LogP contribution in [-0.4, -0.2) is 4.57 Å². The molecule has 11 rings (SSSR count). The summed E-state index contributed by atoms with van der Waals surface area (Å²) in [6, 6.07) is 53.0. The summed E-state index contributed by atoms with van der Waals surface area (Å²) in [5, 5.41) is 10.1. The van der Waals surface area contributed by atoms with Crippen molar-refractivity contribution in [2.45, 2.75) is 45.4 Å². The zero-order valence-corrected chi connectivity index (χ0v) is 32.7. The first-order valence-corrected chi connectivity index (χ1v) is 19.9. The monoisotopic (exact) mass is 717 g/mol. The van der Waals surface area contributed by atoms with Crippen LogP contribution in [-0.2, 0) is 10.8 Å². The molecule has 1 nitrogen and oxygen atoms in total. The standard InChI is InChI=1S/C55H43N/c1-7-15-37-36(8-2)38-16-9-10-17-39(38)44-28-33(22-25-40(37)44)34-23-27-52-46(29-34)47-31-45-42-19-12-14-21-49(42)55(5,6)51(45)32-53(47)56(52)35-24-26-43-41-18-11-13-20-48(41)54(3,4)50(43)30-35/h7-32H,1H2,2-6H3/b36-8+,37-15+. The molecule has 0 unspecified atom stereocenters. The minimum Gasteiger partial charge on any atom is -0.309 e. The van der Waals surface area contributed by atoms with Crippen molar-refractivity contribution >= 4 is 55.5 Å². The van der Waals surface area contributed by atoms with Crippen molar-refractivity contribution in [1.82, 2.24) is 4.57 Å². The minimum atomic E-state index is -0.0979. The van der Waals surface area contributed by atoms with Gasteiger partial charge in [0.05, 0.1) is 11.0 Å². The molecule has 0 amide bonds. The SMILES string of the molecule is C=C/C=c1\c(=C/C)c2ccccc2c2cc(-c3ccc4c(c3)c3cc5c(cc3n4-c3ccc4c(c3)C(C)(C)c3ccccc3-4)C(C)(C)c3ccccc3-5)ccc12. The van der Waals surface area contributed by atoms with E-state index in [0.29, 0.717) is 0 Å². The molecule has 268 valence electrons. The van der Waals surface area contributed by atoms with Gasteiger partial charge in [0, 0.05) is 27.3 Å². The first-order chi connectivity index (χ1) is 27.2. The van der Waals surface area contributed by atoms with Gasteiger partial charge in [0.2, 0.25) is 0 Å². The molecule has 0 N–H and O–H groups in total. The van der Waals surface area contributed by atoms with Gasteiger partial charge in [-0.05, 0) is 137 Å². The van der Waals surface area contributed by atoms with E-state index in [2.05, 4.69) is 197 Å². The zero-order valence-electron chi connectivity index (χ0n) is 32.7. The van der Waals surface area contributed by atoms with E-state index in [1.165, 1.54) is 115 Å². The van der Waals surface area contributed by atoms with Crippen LogP contribution in [0.25, 0.3) is 94.6 Å². The van der Waals surface area contributed by atoms with Crippen molar-refractivity contribution in [2.75, 3.05) is 0 Å². The molecule has 0 saturated carbocycles. The lowest BCUT2D eigenvalue weighted by Crippen LogP contribution is -2.26. The van der Waals surface area contributed by atoms with Gasteiger partial charge in [0.25, 0.3) is 0 Å². The van der Waals surface area contributed by atoms with E-state index in [4.69, 9.17) is 0 Å². The van der Waals surface area contributed by atoms with Gasteiger partial charge < -0.3 is 4.57 Å². The highest BCUT2D eigenvalue weighted by Crippen LogP contribution is 2.52. The van der Waals surface area contributed by atoms with E-state index in [1.54, 1.807) is 0 Å². The highest BCUT2D eigenvalue weighted by Gasteiger charge is 2.37. The Morgan fingerprint density at radius 2 is 1.02 bits per heavy atom. The van der Waals surface area contributed by atoms with Crippen LogP contribution in [0.3, 0.4) is 0 Å². The molecule has 0 bridgehead atoms. The van der Waals surface area contributed by atoms with Gasteiger partial charge in [-0.1, -0.05) is 150 Å². The third kappa shape index (κ3) is 4.32. The summed E-state index contributed by atoms with van der Waals surface area (Å²) in [5.41, 5.74) is 16.9. The third-order valence-electron chi connectivity index (χ3n) is 13.3. The number of nitrogens with zero attached hydrogens (tertiary/aromatic N) is 1. The topological polar surface area (TPSA) is 4.93 Å². The minimum absolute atomic E-state index is 0.0851. The molecule has 0 radical (unpaired) electrons. The molecule has 2 aliphatic carbocycles. The average molecular weight is 718 g/mol. The Morgan fingerprint density at radius 3 is 1.73 bits per heavy atom. The first-order valence-electron chi connectivity index (χ1n) is 19.9. The number of allylic oxidation sites excluding steroid dienone is 1. The normalized spacial score (nSPS) is 15.4. The largest absolute Gasteiger partial charge is 0.309 e. The maximum absolute atomic E-state index is 4.07. The summed E-state index contributed by atoms with van der Waals surface area (Å²) < 4.78 is 2.53. The molecule has 1 heteroatoms. The van der Waals surface area contributed by atoms with Gasteiger partial charge in [-0.15, -0.1) is 0 Å². The lowest BCUT2D eigenvalue weighted by atomic mass is 9.82. The molecule has 0 saturated heterocycles. The second-order valence-electron chi connectivity index (χ2n) is 16.9. The molecule has 1 aromatic heterocycles. The van der Waals surface area contributed by atoms with E-state index in [9.17, 15) is 0 Å². The lowest BCUT2D eigenvalue weighted by molar-refractivity contribution is 0.659. The second kappa shape index (κ2) is 11.5. The fourth-order valence-corrected chi connectivity index (χ4v) is 10.5. The van der Waals surface area contributed by atoms with Crippen molar-refractivity contribution in [3.63, 3.8) is 0 Å². The van der Waals surface area contributed by atoms with Crippen LogP contribution in [0, 0.1) is 0 Å². The average Bonchev–Trinajstić information content (AvgIpc) is 3.76. The molecule has 8 aromatic carbocycles. The summed E-state index contributed by atoms with van der Waals surface area (Å²) in [6.45, 7) is 15.7. The Morgan fingerprint density at radius 1 is 0.446 bits per heavy atom. The van der Waals surface area contributed by atoms with Gasteiger partial charge in [0.15, 0.2) is 0 Å². The predicted octanol–water partition coefficient (Wildman–Crippen LogP) is 13.1. The number of hydrogen-bond acceptors (Lipinski definition) is 0. The van der Waals surface area contributed by atoms with E-state index in [1.807, 2.05) is 6.08 Å². The van der Waals surface area contributed by atoms with Crippen molar-refractivity contribution < 1.29 is 0 Å². The fourth-order valence-electron chi connectivity index (χ4n) is 10.5. The second-order valence-corrected chi connectivity index (χ2v) is 16.9. The third-order valence-corrected chi connectivity index (χ3v) is 13.3. The van der Waals surface area contributed by atoms with Crippen LogP contribution in [0.4, 0.5) is 0 Å². The Labute approximate surface area is 328 Å². The van der Waals surface area contributed by atoms with E-state index in [0.717, 1.165) is 0 Å². The summed E-state index contributed by atoms with van der Waals surface area (Å²) in [5.74, 6) is 0. The van der Waals surface area contributed by atoms with Gasteiger partial charge in [-0.2, -0.15) is 0 Å². The molecular weight excluding hydrogens is 675 g/mol. The Balaban J connectivity index is 1.19. The fraction of sp³-hybridized carbons (Fsp3) is 0.127. The number of aromatic nitrogens is 1. The predicted molar refractivity (Wildman–Crippen MR) is 240 cm³/mol. The number of hydrogen-bond donors (Lipinski definition) is 0. The van der Waals surface area contributed by atoms with Crippen LogP contribution in [0.5, 0.6) is 0 Å². The lowest BCUT2D eigenvalue weighted by Gasteiger charge is -2.23. The number of benzene rings is 8. The molecular formula is C55H43N. The molecule has 9 aromatic rings. The van der Waals surface area contributed by atoms with E-state index < -0.39 is 0 Å². The zero-order chi connectivity index (χ0) is 38.1. The summed E-state index contributed by atoms with van der Waals surface area (Å²) in [6.07, 6.45) is 6.29. The molecule has 0 fully saturated rings. The molecule has 2 aliphatic rings. The molecule has 0 aliphatic heterocycles. The van der Waals surface area contributed by atoms with Crippen molar-refractivity contribution in [2.24, 2.45) is 0 Å². The highest BCUT2D eigenvalue weighted by atomic mass is 15.0. The quantitative estimate of drug-likeness (QED) is 0.160. The Bertz CT molecular complexity index is 3330. The Hall–Kier alpha value is -6.44. The van der Waals surface area contributed by atoms with Crippen LogP contribution in [0.15, 0.2) is 152 Å². The van der Waals surface area contributed by atoms with Crippen LogP contribution in [0.1, 0.15) is 56.9 Å². The number of rotatable bonds is 3. The Kier molecular flexibility index (Phi) is 6.79. The molecule has 1 heterocycles. The van der Waals surface area contributed by atoms with Gasteiger partial charge in [0.1, 0.15) is 0 Å². The van der Waals surface area contributed by atoms with Crippen molar-refractivity contribution in [3.05, 3.63) is 185 Å². The smallest absolute Gasteiger partial charge is 0.0544 e. The molecule has 0 atom stereocenters. The van der Waals surface area contributed by atoms with Crippen LogP contribution < -0.4 is 10.4 Å². The van der Waals surface area contributed by atoms with Crippen molar-refractivity contribution in [3.8, 4) is 39.1 Å². The maximum atomic E-state index is 4.07. The number of fused-ring (bicyclic) bond motifs is 12. The first kappa shape index (κ1) is 32.9. The van der Waals surface area contributed by atoms with Gasteiger partial charge in [-0.3, -0.25) is 0 Å². The highest BCUT2D eigenvalue weighted by molar-refractivity contribution is 6.14. The maximum Gasteiger partial charge on any atom is 0.0544 e. The summed E-state index contributed by atoms with van der Waals surface area (Å²) in [7, 11) is 0. The van der Waals surface area contributed by atoms with Crippen LogP contribution >= 0.6 is 0 Å². The van der Waals surface area contributed by atoms with Gasteiger partial charge in [-0.25, -0.2) is 0 Å². The summed E-state index contributed by atoms with van der Waals surface area (Å²) in [4.78, 5) is 0. The van der Waals surface area contributed by atoms with Crippen LogP contribution in [0.2, 0.25) is 0 Å². The summed E-state index contributed by atoms with van der Waals surface area (Å²) >= 11 is 0. The van der Waals surface area contributed by atoms with E-state index >= 15 is 0 Å². The van der Waals surface area contributed by atoms with E-state index in [-0.39, 0.29) is 10.8 Å².